The van der Waals surface area contributed by atoms with Gasteiger partial charge >= 0.3 is 0 Å². The van der Waals surface area contributed by atoms with E-state index in [1.54, 1.807) is 18.2 Å². The molecule has 1 amide bonds. The molecule has 6 heteroatoms. The zero-order valence-corrected chi connectivity index (χ0v) is 14.7. The molecular weight excluding hydrogens is 343 g/mol. The van der Waals surface area contributed by atoms with E-state index in [0.29, 0.717) is 21.9 Å². The highest BCUT2D eigenvalue weighted by Gasteiger charge is 2.37. The lowest BCUT2D eigenvalue weighted by atomic mass is 9.78. The van der Waals surface area contributed by atoms with Crippen molar-refractivity contribution in [3.8, 4) is 0 Å². The van der Waals surface area contributed by atoms with E-state index in [2.05, 4.69) is 5.32 Å². The maximum Gasteiger partial charge on any atom is 0.227 e. The van der Waals surface area contributed by atoms with Crippen molar-refractivity contribution in [3.63, 3.8) is 0 Å². The van der Waals surface area contributed by atoms with Crippen LogP contribution in [0, 0.1) is 5.41 Å². The Morgan fingerprint density at radius 1 is 1.23 bits per heavy atom. The molecule has 3 rings (SSSR count). The van der Waals surface area contributed by atoms with E-state index in [4.69, 9.17) is 23.2 Å². The summed E-state index contributed by atoms with van der Waals surface area (Å²) in [4.78, 5) is 14.4. The fourth-order valence-electron chi connectivity index (χ4n) is 3.41. The number of nitrogens with zero attached hydrogens (tertiary/aromatic N) is 1. The minimum atomic E-state index is 0. The molecule has 0 aliphatic carbocycles. The van der Waals surface area contributed by atoms with Crippen LogP contribution in [0.1, 0.15) is 24.8 Å². The Kier molecular flexibility index (Phi) is 6.00. The van der Waals surface area contributed by atoms with Crippen LogP contribution in [0.15, 0.2) is 18.2 Å². The third-order valence-electron chi connectivity index (χ3n) is 4.86. The molecule has 0 aromatic heterocycles. The maximum atomic E-state index is 12.4. The second-order valence-electron chi connectivity index (χ2n) is 6.22. The van der Waals surface area contributed by atoms with Gasteiger partial charge in [0.05, 0.1) is 6.42 Å². The molecule has 1 aromatic carbocycles. The van der Waals surface area contributed by atoms with Crippen molar-refractivity contribution < 1.29 is 4.79 Å². The van der Waals surface area contributed by atoms with E-state index >= 15 is 0 Å². The van der Waals surface area contributed by atoms with Crippen LogP contribution in [0.25, 0.3) is 0 Å². The van der Waals surface area contributed by atoms with Crippen LogP contribution in [-0.2, 0) is 11.2 Å². The second-order valence-corrected chi connectivity index (χ2v) is 7.06. The van der Waals surface area contributed by atoms with Gasteiger partial charge in [-0.25, -0.2) is 0 Å². The smallest absolute Gasteiger partial charge is 0.227 e. The van der Waals surface area contributed by atoms with Gasteiger partial charge in [0, 0.05) is 29.7 Å². The maximum absolute atomic E-state index is 12.4. The number of amides is 1. The summed E-state index contributed by atoms with van der Waals surface area (Å²) in [6, 6.07) is 5.28. The van der Waals surface area contributed by atoms with Crippen molar-refractivity contribution in [2.24, 2.45) is 5.41 Å². The molecule has 0 bridgehead atoms. The van der Waals surface area contributed by atoms with Gasteiger partial charge < -0.3 is 10.2 Å². The Morgan fingerprint density at radius 2 is 1.95 bits per heavy atom. The van der Waals surface area contributed by atoms with E-state index in [1.165, 1.54) is 6.42 Å². The van der Waals surface area contributed by atoms with E-state index < -0.39 is 0 Å². The van der Waals surface area contributed by atoms with Crippen LogP contribution in [0.4, 0.5) is 0 Å². The van der Waals surface area contributed by atoms with Gasteiger partial charge in [-0.05, 0) is 55.0 Å². The molecule has 0 atom stereocenters. The molecule has 2 aliphatic rings. The first-order valence-corrected chi connectivity index (χ1v) is 8.26. The SMILES string of the molecule is Cl.O=C(Cc1cc(Cl)ccc1Cl)N1CCC2(CCNC2)CC1. The van der Waals surface area contributed by atoms with Crippen LogP contribution < -0.4 is 5.32 Å². The molecule has 1 aromatic rings. The third-order valence-corrected chi connectivity index (χ3v) is 5.46. The number of likely N-dealkylation sites (tertiary alicyclic amines) is 1. The van der Waals surface area contributed by atoms with Crippen LogP contribution in [0.5, 0.6) is 0 Å². The molecule has 3 nitrogen and oxygen atoms in total. The number of piperidine rings is 1. The molecule has 1 N–H and O–H groups in total. The largest absolute Gasteiger partial charge is 0.342 e. The number of carbonyl (C=O) groups is 1. The lowest BCUT2D eigenvalue weighted by Crippen LogP contribution is -2.44. The molecule has 2 aliphatic heterocycles. The van der Waals surface area contributed by atoms with Gasteiger partial charge in [-0.1, -0.05) is 23.2 Å². The lowest BCUT2D eigenvalue weighted by Gasteiger charge is -2.39. The number of nitrogens with one attached hydrogen (secondary N) is 1. The summed E-state index contributed by atoms with van der Waals surface area (Å²) >= 11 is 12.1. The number of halogens is 3. The molecule has 1 spiro atoms. The van der Waals surface area contributed by atoms with Crippen molar-refractivity contribution in [2.45, 2.75) is 25.7 Å². The quantitative estimate of drug-likeness (QED) is 0.871. The highest BCUT2D eigenvalue weighted by Crippen LogP contribution is 2.37. The monoisotopic (exact) mass is 362 g/mol. The van der Waals surface area contributed by atoms with Crippen molar-refractivity contribution >= 4 is 41.5 Å². The molecular formula is C16H21Cl3N2O. The van der Waals surface area contributed by atoms with Crippen molar-refractivity contribution in [3.05, 3.63) is 33.8 Å². The Hall–Kier alpha value is -0.480. The Labute approximate surface area is 147 Å². The summed E-state index contributed by atoms with van der Waals surface area (Å²) in [6.07, 6.45) is 3.80. The fourth-order valence-corrected chi connectivity index (χ4v) is 3.79. The van der Waals surface area contributed by atoms with Gasteiger partial charge in [-0.2, -0.15) is 0 Å². The summed E-state index contributed by atoms with van der Waals surface area (Å²) in [5, 5.41) is 4.68. The minimum Gasteiger partial charge on any atom is -0.342 e. The molecule has 2 fully saturated rings. The van der Waals surface area contributed by atoms with Crippen LogP contribution >= 0.6 is 35.6 Å². The molecule has 0 saturated carbocycles. The Morgan fingerprint density at radius 3 is 2.59 bits per heavy atom. The normalized spacial score (nSPS) is 20.0. The van der Waals surface area contributed by atoms with Crippen molar-refractivity contribution in [1.29, 1.82) is 0 Å². The van der Waals surface area contributed by atoms with Crippen molar-refractivity contribution in [2.75, 3.05) is 26.2 Å². The van der Waals surface area contributed by atoms with Crippen LogP contribution in [-0.4, -0.2) is 37.0 Å². The molecule has 22 heavy (non-hydrogen) atoms. The standard InChI is InChI=1S/C16H20Cl2N2O.ClH/c17-13-1-2-14(18)12(9-13)10-15(21)20-7-4-16(5-8-20)3-6-19-11-16;/h1-2,9,19H,3-8,10-11H2;1H. The predicted octanol–water partition coefficient (Wildman–Crippen LogP) is 3.56. The average molecular weight is 364 g/mol. The zero-order valence-electron chi connectivity index (χ0n) is 12.4. The van der Waals surface area contributed by atoms with Gasteiger partial charge in [-0.15, -0.1) is 12.4 Å². The highest BCUT2D eigenvalue weighted by molar-refractivity contribution is 6.33. The summed E-state index contributed by atoms with van der Waals surface area (Å²) < 4.78 is 0. The summed E-state index contributed by atoms with van der Waals surface area (Å²) in [6.45, 7) is 3.94. The van der Waals surface area contributed by atoms with Gasteiger partial charge in [0.25, 0.3) is 0 Å². The van der Waals surface area contributed by atoms with Gasteiger partial charge in [0.1, 0.15) is 0 Å². The summed E-state index contributed by atoms with van der Waals surface area (Å²) in [7, 11) is 0. The Bertz CT molecular complexity index is 534. The summed E-state index contributed by atoms with van der Waals surface area (Å²) in [5.74, 6) is 0.153. The van der Waals surface area contributed by atoms with Gasteiger partial charge in [0.2, 0.25) is 5.91 Å². The Balaban J connectivity index is 0.00000176. The fraction of sp³-hybridized carbons (Fsp3) is 0.562. The number of hydrogen-bond acceptors (Lipinski definition) is 2. The number of hydrogen-bond donors (Lipinski definition) is 1. The number of benzene rings is 1. The average Bonchev–Trinajstić information content (AvgIpc) is 2.92. The molecule has 2 heterocycles. The molecule has 2 saturated heterocycles. The molecule has 0 unspecified atom stereocenters. The molecule has 0 radical (unpaired) electrons. The summed E-state index contributed by atoms with van der Waals surface area (Å²) in [5.41, 5.74) is 1.25. The number of rotatable bonds is 2. The number of carbonyl (C=O) groups excluding carboxylic acids is 1. The van der Waals surface area contributed by atoms with E-state index in [0.717, 1.165) is 44.6 Å². The first-order chi connectivity index (χ1) is 10.1. The highest BCUT2D eigenvalue weighted by atomic mass is 35.5. The van der Waals surface area contributed by atoms with Gasteiger partial charge in [0.15, 0.2) is 0 Å². The predicted molar refractivity (Wildman–Crippen MR) is 93.1 cm³/mol. The minimum absolute atomic E-state index is 0. The first-order valence-electron chi connectivity index (χ1n) is 7.50. The first kappa shape index (κ1) is 17.9. The van der Waals surface area contributed by atoms with Crippen molar-refractivity contribution in [1.82, 2.24) is 10.2 Å². The topological polar surface area (TPSA) is 32.3 Å². The second kappa shape index (κ2) is 7.39. The molecule has 122 valence electrons. The van der Waals surface area contributed by atoms with Crippen LogP contribution in [0.2, 0.25) is 10.0 Å². The zero-order chi connectivity index (χ0) is 14.9. The van der Waals surface area contributed by atoms with E-state index in [1.807, 2.05) is 4.90 Å². The third kappa shape index (κ3) is 3.88. The van der Waals surface area contributed by atoms with E-state index in [-0.39, 0.29) is 18.3 Å². The van der Waals surface area contributed by atoms with E-state index in [9.17, 15) is 4.79 Å². The lowest BCUT2D eigenvalue weighted by molar-refractivity contribution is -0.132. The van der Waals surface area contributed by atoms with Gasteiger partial charge in [-0.3, -0.25) is 4.79 Å². The van der Waals surface area contributed by atoms with Crippen LogP contribution in [0.3, 0.4) is 0 Å².